The SMILES string of the molecule is [CH2]C(CCC)c1cccc(Cl)c1. The molecule has 1 atom stereocenters. The molecular formula is C11H14Cl. The smallest absolute Gasteiger partial charge is 0.0408 e. The lowest BCUT2D eigenvalue weighted by atomic mass is 9.97. The van der Waals surface area contributed by atoms with Crippen LogP contribution < -0.4 is 0 Å². The first-order valence-electron chi connectivity index (χ1n) is 4.32. The normalized spacial score (nSPS) is 12.9. The molecule has 0 aliphatic carbocycles. The molecule has 0 fully saturated rings. The molecular weight excluding hydrogens is 168 g/mol. The minimum absolute atomic E-state index is 0.383. The molecule has 1 rings (SSSR count). The van der Waals surface area contributed by atoms with Gasteiger partial charge in [0.1, 0.15) is 0 Å². The molecule has 0 nitrogen and oxygen atoms in total. The Morgan fingerprint density at radius 1 is 1.50 bits per heavy atom. The molecule has 0 saturated heterocycles. The van der Waals surface area contributed by atoms with Crippen molar-refractivity contribution >= 4 is 11.6 Å². The molecule has 1 unspecified atom stereocenters. The highest BCUT2D eigenvalue weighted by molar-refractivity contribution is 6.30. The van der Waals surface area contributed by atoms with E-state index in [2.05, 4.69) is 19.9 Å². The monoisotopic (exact) mass is 181 g/mol. The summed E-state index contributed by atoms with van der Waals surface area (Å²) in [5.74, 6) is 0.383. The van der Waals surface area contributed by atoms with Crippen LogP contribution in [0.2, 0.25) is 5.02 Å². The highest BCUT2D eigenvalue weighted by Crippen LogP contribution is 2.22. The van der Waals surface area contributed by atoms with Gasteiger partial charge in [-0.2, -0.15) is 0 Å². The van der Waals surface area contributed by atoms with E-state index in [0.29, 0.717) is 5.92 Å². The third kappa shape index (κ3) is 2.53. The zero-order valence-electron chi connectivity index (χ0n) is 7.39. The Morgan fingerprint density at radius 2 is 2.25 bits per heavy atom. The van der Waals surface area contributed by atoms with Crippen molar-refractivity contribution in [3.05, 3.63) is 41.8 Å². The second kappa shape index (κ2) is 4.51. The summed E-state index contributed by atoms with van der Waals surface area (Å²) in [4.78, 5) is 0. The second-order valence-electron chi connectivity index (χ2n) is 3.04. The van der Waals surface area contributed by atoms with Gasteiger partial charge in [-0.1, -0.05) is 37.1 Å². The first kappa shape index (κ1) is 9.60. The summed E-state index contributed by atoms with van der Waals surface area (Å²) < 4.78 is 0. The molecule has 0 bridgehead atoms. The van der Waals surface area contributed by atoms with Crippen LogP contribution in [-0.4, -0.2) is 0 Å². The van der Waals surface area contributed by atoms with Crippen LogP contribution in [0.3, 0.4) is 0 Å². The average Bonchev–Trinajstić information content (AvgIpc) is 2.05. The minimum Gasteiger partial charge on any atom is -0.0843 e. The van der Waals surface area contributed by atoms with E-state index in [1.54, 1.807) is 0 Å². The van der Waals surface area contributed by atoms with Gasteiger partial charge in [-0.25, -0.2) is 0 Å². The van der Waals surface area contributed by atoms with E-state index in [1.165, 1.54) is 12.0 Å². The molecule has 0 N–H and O–H groups in total. The summed E-state index contributed by atoms with van der Waals surface area (Å²) in [6.45, 7) is 6.25. The van der Waals surface area contributed by atoms with Crippen molar-refractivity contribution < 1.29 is 0 Å². The van der Waals surface area contributed by atoms with Crippen LogP contribution in [-0.2, 0) is 0 Å². The van der Waals surface area contributed by atoms with Crippen LogP contribution in [0.15, 0.2) is 24.3 Å². The highest BCUT2D eigenvalue weighted by atomic mass is 35.5. The van der Waals surface area contributed by atoms with Gasteiger partial charge in [-0.05, 0) is 37.0 Å². The lowest BCUT2D eigenvalue weighted by Gasteiger charge is -2.09. The molecule has 1 aromatic rings. The quantitative estimate of drug-likeness (QED) is 0.660. The molecule has 0 spiro atoms. The van der Waals surface area contributed by atoms with Crippen molar-refractivity contribution in [3.8, 4) is 0 Å². The summed E-state index contributed by atoms with van der Waals surface area (Å²) in [6.07, 6.45) is 2.29. The second-order valence-corrected chi connectivity index (χ2v) is 3.48. The summed E-state index contributed by atoms with van der Waals surface area (Å²) in [5, 5.41) is 0.803. The Hall–Kier alpha value is -0.490. The zero-order chi connectivity index (χ0) is 8.97. The molecule has 1 heteroatoms. The summed E-state index contributed by atoms with van der Waals surface area (Å²) in [5.41, 5.74) is 1.24. The molecule has 1 radical (unpaired) electrons. The Labute approximate surface area is 79.6 Å². The Balaban J connectivity index is 2.73. The van der Waals surface area contributed by atoms with Gasteiger partial charge in [0.05, 0.1) is 0 Å². The van der Waals surface area contributed by atoms with E-state index in [0.717, 1.165) is 11.4 Å². The molecule has 65 valence electrons. The summed E-state index contributed by atoms with van der Waals surface area (Å²) >= 11 is 5.86. The standard InChI is InChI=1S/C11H14Cl/c1-3-5-9(2)10-6-4-7-11(12)8-10/h4,6-9H,2-3,5H2,1H3. The summed E-state index contributed by atoms with van der Waals surface area (Å²) in [7, 11) is 0. The fourth-order valence-electron chi connectivity index (χ4n) is 1.28. The van der Waals surface area contributed by atoms with Gasteiger partial charge in [0.25, 0.3) is 0 Å². The summed E-state index contributed by atoms with van der Waals surface area (Å²) in [6, 6.07) is 7.95. The van der Waals surface area contributed by atoms with E-state index in [-0.39, 0.29) is 0 Å². The third-order valence-corrected chi connectivity index (χ3v) is 2.19. The van der Waals surface area contributed by atoms with Crippen LogP contribution in [0.4, 0.5) is 0 Å². The lowest BCUT2D eigenvalue weighted by Crippen LogP contribution is -1.92. The van der Waals surface area contributed by atoms with E-state index >= 15 is 0 Å². The largest absolute Gasteiger partial charge is 0.0843 e. The van der Waals surface area contributed by atoms with E-state index in [9.17, 15) is 0 Å². The fraction of sp³-hybridized carbons (Fsp3) is 0.364. The third-order valence-electron chi connectivity index (χ3n) is 1.96. The maximum Gasteiger partial charge on any atom is 0.0408 e. The van der Waals surface area contributed by atoms with Gasteiger partial charge >= 0.3 is 0 Å². The number of halogens is 1. The maximum absolute atomic E-state index is 5.86. The molecule has 0 aliphatic heterocycles. The van der Waals surface area contributed by atoms with Crippen LogP contribution in [0.25, 0.3) is 0 Å². The number of hydrogen-bond donors (Lipinski definition) is 0. The predicted molar refractivity (Wildman–Crippen MR) is 54.5 cm³/mol. The van der Waals surface area contributed by atoms with E-state index < -0.39 is 0 Å². The van der Waals surface area contributed by atoms with Gasteiger partial charge in [-0.15, -0.1) is 0 Å². The van der Waals surface area contributed by atoms with Gasteiger partial charge in [0, 0.05) is 5.02 Å². The predicted octanol–water partition coefficient (Wildman–Crippen LogP) is 4.06. The van der Waals surface area contributed by atoms with Crippen molar-refractivity contribution in [1.29, 1.82) is 0 Å². The Bertz CT molecular complexity index is 243. The van der Waals surface area contributed by atoms with Gasteiger partial charge in [-0.3, -0.25) is 0 Å². The Kier molecular flexibility index (Phi) is 3.61. The van der Waals surface area contributed by atoms with Crippen molar-refractivity contribution in [2.45, 2.75) is 25.7 Å². The van der Waals surface area contributed by atoms with E-state index in [4.69, 9.17) is 11.6 Å². The van der Waals surface area contributed by atoms with E-state index in [1.807, 2.05) is 18.2 Å². The number of hydrogen-bond acceptors (Lipinski definition) is 0. The molecule has 0 aliphatic rings. The molecule has 0 aromatic heterocycles. The average molecular weight is 182 g/mol. The first-order chi connectivity index (χ1) is 5.74. The van der Waals surface area contributed by atoms with Crippen molar-refractivity contribution in [2.75, 3.05) is 0 Å². The lowest BCUT2D eigenvalue weighted by molar-refractivity contribution is 0.714. The van der Waals surface area contributed by atoms with Gasteiger partial charge < -0.3 is 0 Å². The van der Waals surface area contributed by atoms with Crippen LogP contribution >= 0.6 is 11.6 Å². The zero-order valence-corrected chi connectivity index (χ0v) is 8.14. The Morgan fingerprint density at radius 3 is 2.83 bits per heavy atom. The number of benzene rings is 1. The van der Waals surface area contributed by atoms with Crippen molar-refractivity contribution in [3.63, 3.8) is 0 Å². The van der Waals surface area contributed by atoms with Crippen molar-refractivity contribution in [2.24, 2.45) is 0 Å². The fourth-order valence-corrected chi connectivity index (χ4v) is 1.47. The first-order valence-corrected chi connectivity index (χ1v) is 4.70. The molecule has 0 saturated carbocycles. The minimum atomic E-state index is 0.383. The maximum atomic E-state index is 5.86. The number of rotatable bonds is 3. The highest BCUT2D eigenvalue weighted by Gasteiger charge is 2.03. The van der Waals surface area contributed by atoms with Gasteiger partial charge in [0.2, 0.25) is 0 Å². The topological polar surface area (TPSA) is 0 Å². The molecule has 0 heterocycles. The van der Waals surface area contributed by atoms with Gasteiger partial charge in [0.15, 0.2) is 0 Å². The van der Waals surface area contributed by atoms with Crippen LogP contribution in [0, 0.1) is 6.92 Å². The molecule has 1 aromatic carbocycles. The molecule has 0 amide bonds. The van der Waals surface area contributed by atoms with Crippen LogP contribution in [0.1, 0.15) is 31.2 Å². The molecule has 12 heavy (non-hydrogen) atoms. The van der Waals surface area contributed by atoms with Crippen LogP contribution in [0.5, 0.6) is 0 Å². The van der Waals surface area contributed by atoms with Crippen molar-refractivity contribution in [1.82, 2.24) is 0 Å².